The average Bonchev–Trinajstić information content (AvgIpc) is 2.28. The molecule has 1 N–H and O–H groups in total. The largest absolute Gasteiger partial charge is 0.433 e. The molecule has 0 radical (unpaired) electrons. The normalized spacial score (nSPS) is 15.2. The van der Waals surface area contributed by atoms with Crippen molar-refractivity contribution < 1.29 is 13.2 Å². The molecule has 0 aliphatic carbocycles. The highest BCUT2D eigenvalue weighted by Crippen LogP contribution is 2.28. The van der Waals surface area contributed by atoms with Crippen LogP contribution in [0.2, 0.25) is 0 Å². The van der Waals surface area contributed by atoms with E-state index in [-0.39, 0.29) is 11.5 Å². The first kappa shape index (κ1) is 14.7. The summed E-state index contributed by atoms with van der Waals surface area (Å²) >= 11 is 0. The highest BCUT2D eigenvalue weighted by molar-refractivity contribution is 5.30. The molecule has 0 saturated carbocycles. The molecule has 1 aromatic rings. The van der Waals surface area contributed by atoms with E-state index in [0.717, 1.165) is 31.5 Å². The Kier molecular flexibility index (Phi) is 4.53. The lowest BCUT2D eigenvalue weighted by Gasteiger charge is -2.29. The van der Waals surface area contributed by atoms with E-state index < -0.39 is 11.9 Å². The predicted octanol–water partition coefficient (Wildman–Crippen LogP) is 3.88. The molecule has 18 heavy (non-hydrogen) atoms. The number of alkyl halides is 3. The smallest absolute Gasteiger partial charge is 0.349 e. The van der Waals surface area contributed by atoms with Gasteiger partial charge in [0, 0.05) is 11.7 Å². The molecule has 6 heteroatoms. The molecule has 0 aliphatic heterocycles. The second-order valence-corrected chi connectivity index (χ2v) is 4.55. The van der Waals surface area contributed by atoms with Gasteiger partial charge in [0.15, 0.2) is 0 Å². The third-order valence-corrected chi connectivity index (χ3v) is 2.94. The van der Waals surface area contributed by atoms with Crippen molar-refractivity contribution in [3.8, 4) is 0 Å². The first-order valence-corrected chi connectivity index (χ1v) is 5.99. The van der Waals surface area contributed by atoms with Crippen LogP contribution in [0.15, 0.2) is 12.3 Å². The van der Waals surface area contributed by atoms with Gasteiger partial charge < -0.3 is 5.32 Å². The Morgan fingerprint density at radius 1 is 1.28 bits per heavy atom. The molecular formula is C12H18F3N3. The SMILES string of the molecule is CCCC(C)(CC)Nc1nccc(C(F)(F)F)n1. The Hall–Kier alpha value is -1.33. The molecule has 0 fully saturated rings. The molecule has 1 atom stereocenters. The zero-order valence-electron chi connectivity index (χ0n) is 10.8. The van der Waals surface area contributed by atoms with Crippen molar-refractivity contribution in [1.82, 2.24) is 9.97 Å². The molecule has 0 aromatic carbocycles. The number of halogens is 3. The van der Waals surface area contributed by atoms with E-state index in [0.29, 0.717) is 0 Å². The zero-order chi connectivity index (χ0) is 13.8. The first-order chi connectivity index (χ1) is 8.30. The van der Waals surface area contributed by atoms with Crippen LogP contribution in [-0.2, 0) is 6.18 Å². The molecule has 0 spiro atoms. The van der Waals surface area contributed by atoms with Crippen molar-refractivity contribution in [3.63, 3.8) is 0 Å². The van der Waals surface area contributed by atoms with E-state index in [1.54, 1.807) is 0 Å². The van der Waals surface area contributed by atoms with Crippen molar-refractivity contribution in [2.45, 2.75) is 51.7 Å². The average molecular weight is 261 g/mol. The van der Waals surface area contributed by atoms with Gasteiger partial charge in [0.25, 0.3) is 0 Å². The first-order valence-electron chi connectivity index (χ1n) is 5.99. The number of anilines is 1. The molecule has 3 nitrogen and oxygen atoms in total. The van der Waals surface area contributed by atoms with Crippen molar-refractivity contribution in [3.05, 3.63) is 18.0 Å². The molecular weight excluding hydrogens is 243 g/mol. The lowest BCUT2D eigenvalue weighted by molar-refractivity contribution is -0.141. The molecule has 102 valence electrons. The van der Waals surface area contributed by atoms with Crippen LogP contribution < -0.4 is 5.32 Å². The Labute approximate surface area is 105 Å². The van der Waals surface area contributed by atoms with Gasteiger partial charge in [-0.15, -0.1) is 0 Å². The highest BCUT2D eigenvalue weighted by atomic mass is 19.4. The fourth-order valence-corrected chi connectivity index (χ4v) is 1.73. The van der Waals surface area contributed by atoms with Crippen molar-refractivity contribution in [1.29, 1.82) is 0 Å². The van der Waals surface area contributed by atoms with Crippen LogP contribution in [0.3, 0.4) is 0 Å². The summed E-state index contributed by atoms with van der Waals surface area (Å²) < 4.78 is 37.5. The van der Waals surface area contributed by atoms with E-state index in [4.69, 9.17) is 0 Å². The standard InChI is InChI=1S/C12H18F3N3/c1-4-7-11(3,5-2)18-10-16-8-6-9(17-10)12(13,14)15/h6,8H,4-5,7H2,1-3H3,(H,16,17,18). The third kappa shape index (κ3) is 3.85. The van der Waals surface area contributed by atoms with E-state index in [1.807, 2.05) is 20.8 Å². The number of hydrogen-bond acceptors (Lipinski definition) is 3. The minimum atomic E-state index is -4.44. The topological polar surface area (TPSA) is 37.8 Å². The van der Waals surface area contributed by atoms with Gasteiger partial charge in [0.1, 0.15) is 5.69 Å². The molecule has 0 aliphatic rings. The summed E-state index contributed by atoms with van der Waals surface area (Å²) in [4.78, 5) is 7.36. The van der Waals surface area contributed by atoms with Crippen LogP contribution in [0.1, 0.15) is 45.7 Å². The summed E-state index contributed by atoms with van der Waals surface area (Å²) in [6, 6.07) is 0.869. The van der Waals surface area contributed by atoms with Crippen LogP contribution in [-0.4, -0.2) is 15.5 Å². The zero-order valence-corrected chi connectivity index (χ0v) is 10.8. The Bertz CT molecular complexity index is 392. The minimum Gasteiger partial charge on any atom is -0.349 e. The Balaban J connectivity index is 2.91. The maximum absolute atomic E-state index is 12.5. The quantitative estimate of drug-likeness (QED) is 0.874. The van der Waals surface area contributed by atoms with Gasteiger partial charge in [0.2, 0.25) is 5.95 Å². The third-order valence-electron chi connectivity index (χ3n) is 2.94. The minimum absolute atomic E-state index is 0.0302. The van der Waals surface area contributed by atoms with E-state index in [1.165, 1.54) is 0 Å². The van der Waals surface area contributed by atoms with Gasteiger partial charge in [-0.1, -0.05) is 20.3 Å². The number of rotatable bonds is 5. The van der Waals surface area contributed by atoms with Crippen LogP contribution in [0.4, 0.5) is 19.1 Å². The van der Waals surface area contributed by atoms with Crippen molar-refractivity contribution >= 4 is 5.95 Å². The highest BCUT2D eigenvalue weighted by Gasteiger charge is 2.33. The monoisotopic (exact) mass is 261 g/mol. The van der Waals surface area contributed by atoms with Gasteiger partial charge >= 0.3 is 6.18 Å². The summed E-state index contributed by atoms with van der Waals surface area (Å²) in [5.74, 6) is 0.0302. The second kappa shape index (κ2) is 5.54. The van der Waals surface area contributed by atoms with Crippen LogP contribution in [0.5, 0.6) is 0 Å². The molecule has 0 saturated heterocycles. The molecule has 1 unspecified atom stereocenters. The van der Waals surface area contributed by atoms with Gasteiger partial charge in [-0.2, -0.15) is 13.2 Å². The van der Waals surface area contributed by atoms with Crippen molar-refractivity contribution in [2.75, 3.05) is 5.32 Å². The van der Waals surface area contributed by atoms with Crippen molar-refractivity contribution in [2.24, 2.45) is 0 Å². The Morgan fingerprint density at radius 2 is 1.94 bits per heavy atom. The van der Waals surface area contributed by atoms with Gasteiger partial charge in [-0.25, -0.2) is 9.97 Å². The van der Waals surface area contributed by atoms with Gasteiger partial charge in [0.05, 0.1) is 0 Å². The van der Waals surface area contributed by atoms with Gasteiger partial charge in [-0.3, -0.25) is 0 Å². The van der Waals surface area contributed by atoms with Crippen LogP contribution in [0, 0.1) is 0 Å². The number of nitrogens with zero attached hydrogens (tertiary/aromatic N) is 2. The number of nitrogens with one attached hydrogen (secondary N) is 1. The predicted molar refractivity (Wildman–Crippen MR) is 64.3 cm³/mol. The maximum Gasteiger partial charge on any atom is 0.433 e. The summed E-state index contributed by atoms with van der Waals surface area (Å²) in [7, 11) is 0. The molecule has 0 amide bonds. The molecule has 1 heterocycles. The van der Waals surface area contributed by atoms with E-state index in [9.17, 15) is 13.2 Å². The number of hydrogen-bond donors (Lipinski definition) is 1. The molecule has 0 bridgehead atoms. The second-order valence-electron chi connectivity index (χ2n) is 4.55. The van der Waals surface area contributed by atoms with E-state index >= 15 is 0 Å². The lowest BCUT2D eigenvalue weighted by atomic mass is 9.93. The van der Waals surface area contributed by atoms with E-state index in [2.05, 4.69) is 15.3 Å². The molecule has 1 rings (SSSR count). The summed E-state index contributed by atoms with van der Waals surface area (Å²) in [5.41, 5.74) is -1.20. The van der Waals surface area contributed by atoms with Crippen LogP contribution >= 0.6 is 0 Å². The fraction of sp³-hybridized carbons (Fsp3) is 0.667. The summed E-state index contributed by atoms with van der Waals surface area (Å²) in [6.45, 7) is 5.97. The van der Waals surface area contributed by atoms with Gasteiger partial charge in [-0.05, 0) is 25.8 Å². The summed E-state index contributed by atoms with van der Waals surface area (Å²) in [6.07, 6.45) is -0.729. The fourth-order valence-electron chi connectivity index (χ4n) is 1.73. The number of aromatic nitrogens is 2. The summed E-state index contributed by atoms with van der Waals surface area (Å²) in [5, 5.41) is 3.00. The maximum atomic E-state index is 12.5. The Morgan fingerprint density at radius 3 is 2.44 bits per heavy atom. The van der Waals surface area contributed by atoms with Crippen LogP contribution in [0.25, 0.3) is 0 Å². The lowest BCUT2D eigenvalue weighted by Crippen LogP contribution is -2.34. The molecule has 1 aromatic heterocycles.